The molecule has 3 nitrogen and oxygen atoms in total. The van der Waals surface area contributed by atoms with Crippen LogP contribution in [-0.4, -0.2) is 14.9 Å². The molecule has 1 atom stereocenters. The molecule has 1 aromatic heterocycles. The molecule has 0 aliphatic heterocycles. The predicted molar refractivity (Wildman–Crippen MR) is 66.9 cm³/mol. The first-order valence-electron chi connectivity index (χ1n) is 5.39. The predicted octanol–water partition coefficient (Wildman–Crippen LogP) is 3.71. The summed E-state index contributed by atoms with van der Waals surface area (Å²) in [6.07, 6.45) is -3.59. The number of aromatic nitrogens is 2. The molecule has 0 spiro atoms. The Morgan fingerprint density at radius 1 is 1.37 bits per heavy atom. The van der Waals surface area contributed by atoms with Crippen molar-refractivity contribution in [3.05, 3.63) is 46.2 Å². The molecular formula is C12H10BrF3N2O. The number of aliphatic hydroxyl groups excluding tert-OH is 1. The maximum Gasteiger partial charge on any atom is 0.419 e. The van der Waals surface area contributed by atoms with E-state index in [9.17, 15) is 18.3 Å². The van der Waals surface area contributed by atoms with Crippen LogP contribution >= 0.6 is 15.9 Å². The quantitative estimate of drug-likeness (QED) is 0.909. The Balaban J connectivity index is 2.52. The molecule has 1 unspecified atom stereocenters. The van der Waals surface area contributed by atoms with E-state index in [0.29, 0.717) is 15.7 Å². The van der Waals surface area contributed by atoms with Crippen LogP contribution in [0.5, 0.6) is 0 Å². The molecule has 0 saturated heterocycles. The molecule has 0 radical (unpaired) electrons. The molecule has 0 bridgehead atoms. The second-order valence-electron chi connectivity index (χ2n) is 4.05. The molecule has 2 rings (SSSR count). The van der Waals surface area contributed by atoms with Crippen LogP contribution in [0.4, 0.5) is 13.2 Å². The number of benzene rings is 1. The molecule has 102 valence electrons. The first kappa shape index (κ1) is 14.1. The smallest absolute Gasteiger partial charge is 0.389 e. The van der Waals surface area contributed by atoms with Crippen LogP contribution < -0.4 is 0 Å². The zero-order valence-corrected chi connectivity index (χ0v) is 11.4. The van der Waals surface area contributed by atoms with Crippen molar-refractivity contribution < 1.29 is 18.3 Å². The van der Waals surface area contributed by atoms with Crippen molar-refractivity contribution >= 4 is 15.9 Å². The zero-order valence-electron chi connectivity index (χ0n) is 9.82. The molecule has 1 N–H and O–H groups in total. The van der Waals surface area contributed by atoms with Crippen molar-refractivity contribution in [1.29, 1.82) is 0 Å². The molecule has 0 aliphatic rings. The Morgan fingerprint density at radius 2 is 2.05 bits per heavy atom. The fraction of sp³-hybridized carbons (Fsp3) is 0.250. The van der Waals surface area contributed by atoms with E-state index in [1.807, 2.05) is 0 Å². The molecule has 7 heteroatoms. The zero-order chi connectivity index (χ0) is 14.2. The van der Waals surface area contributed by atoms with Crippen LogP contribution in [0.2, 0.25) is 0 Å². The highest BCUT2D eigenvalue weighted by Gasteiger charge is 2.32. The van der Waals surface area contributed by atoms with Gasteiger partial charge in [0, 0.05) is 16.2 Å². The van der Waals surface area contributed by atoms with E-state index in [-0.39, 0.29) is 0 Å². The summed E-state index contributed by atoms with van der Waals surface area (Å²) >= 11 is 3.24. The number of hydrogen-bond donors (Lipinski definition) is 1. The van der Waals surface area contributed by atoms with E-state index in [4.69, 9.17) is 0 Å². The summed E-state index contributed by atoms with van der Waals surface area (Å²) in [6.45, 7) is 1.54. The Hall–Kier alpha value is -1.34. The maximum atomic E-state index is 12.5. The molecule has 1 heterocycles. The molecule has 0 saturated carbocycles. The lowest BCUT2D eigenvalue weighted by molar-refractivity contribution is -0.137. The SMILES string of the molecule is CC(O)c1ccc(Br)cc1-n1cc(C(F)(F)F)cn1. The van der Waals surface area contributed by atoms with Gasteiger partial charge in [0.1, 0.15) is 0 Å². The summed E-state index contributed by atoms with van der Waals surface area (Å²) in [5, 5.41) is 13.3. The largest absolute Gasteiger partial charge is 0.419 e. The normalized spacial score (nSPS) is 13.6. The first-order valence-corrected chi connectivity index (χ1v) is 6.18. The van der Waals surface area contributed by atoms with Gasteiger partial charge >= 0.3 is 6.18 Å². The second-order valence-corrected chi connectivity index (χ2v) is 4.97. The van der Waals surface area contributed by atoms with E-state index in [2.05, 4.69) is 21.0 Å². The Labute approximate surface area is 115 Å². The molecule has 0 aliphatic carbocycles. The van der Waals surface area contributed by atoms with E-state index in [1.165, 1.54) is 0 Å². The van der Waals surface area contributed by atoms with Crippen molar-refractivity contribution in [3.63, 3.8) is 0 Å². The maximum absolute atomic E-state index is 12.5. The number of alkyl halides is 3. The highest BCUT2D eigenvalue weighted by molar-refractivity contribution is 9.10. The lowest BCUT2D eigenvalue weighted by Gasteiger charge is -2.12. The molecule has 19 heavy (non-hydrogen) atoms. The number of nitrogens with zero attached hydrogens (tertiary/aromatic N) is 2. The minimum absolute atomic E-state index is 0.403. The fourth-order valence-electron chi connectivity index (χ4n) is 1.67. The molecule has 1 aromatic carbocycles. The number of rotatable bonds is 2. The lowest BCUT2D eigenvalue weighted by Crippen LogP contribution is -2.05. The van der Waals surface area contributed by atoms with E-state index >= 15 is 0 Å². The lowest BCUT2D eigenvalue weighted by atomic mass is 10.1. The van der Waals surface area contributed by atoms with Gasteiger partial charge in [0.05, 0.1) is 23.6 Å². The van der Waals surface area contributed by atoms with E-state index in [0.717, 1.165) is 17.1 Å². The van der Waals surface area contributed by atoms with Crippen LogP contribution in [-0.2, 0) is 6.18 Å². The monoisotopic (exact) mass is 334 g/mol. The van der Waals surface area contributed by atoms with Crippen LogP contribution in [0.1, 0.15) is 24.2 Å². The molecule has 0 fully saturated rings. The van der Waals surface area contributed by atoms with E-state index < -0.39 is 17.8 Å². The average molecular weight is 335 g/mol. The third kappa shape index (κ3) is 2.98. The summed E-state index contributed by atoms with van der Waals surface area (Å²) in [7, 11) is 0. The summed E-state index contributed by atoms with van der Waals surface area (Å²) in [6, 6.07) is 4.95. The second kappa shape index (κ2) is 4.97. The van der Waals surface area contributed by atoms with Crippen molar-refractivity contribution in [1.82, 2.24) is 9.78 Å². The highest BCUT2D eigenvalue weighted by atomic mass is 79.9. The van der Waals surface area contributed by atoms with Crippen LogP contribution in [0.3, 0.4) is 0 Å². The molecular weight excluding hydrogens is 325 g/mol. The van der Waals surface area contributed by atoms with Crippen molar-refractivity contribution in [2.75, 3.05) is 0 Å². The van der Waals surface area contributed by atoms with Crippen LogP contribution in [0, 0.1) is 0 Å². The number of hydrogen-bond acceptors (Lipinski definition) is 2. The Morgan fingerprint density at radius 3 is 2.58 bits per heavy atom. The highest BCUT2D eigenvalue weighted by Crippen LogP contribution is 2.31. The van der Waals surface area contributed by atoms with Gasteiger partial charge in [0.2, 0.25) is 0 Å². The summed E-state index contributed by atoms with van der Waals surface area (Å²) in [5.74, 6) is 0. The van der Waals surface area contributed by atoms with Gasteiger partial charge in [0.25, 0.3) is 0 Å². The van der Waals surface area contributed by atoms with Gasteiger partial charge in [0.15, 0.2) is 0 Å². The van der Waals surface area contributed by atoms with Gasteiger partial charge in [-0.25, -0.2) is 4.68 Å². The molecule has 2 aromatic rings. The summed E-state index contributed by atoms with van der Waals surface area (Å²) < 4.78 is 39.4. The average Bonchev–Trinajstić information content (AvgIpc) is 2.77. The number of aliphatic hydroxyl groups is 1. The Kier molecular flexibility index (Phi) is 3.69. The van der Waals surface area contributed by atoms with Gasteiger partial charge in [-0.2, -0.15) is 18.3 Å². The minimum atomic E-state index is -4.44. The van der Waals surface area contributed by atoms with Gasteiger partial charge in [-0.3, -0.25) is 0 Å². The van der Waals surface area contributed by atoms with E-state index in [1.54, 1.807) is 25.1 Å². The van der Waals surface area contributed by atoms with Gasteiger partial charge in [-0.15, -0.1) is 0 Å². The standard InChI is InChI=1S/C12H10BrF3N2O/c1-7(19)10-3-2-9(13)4-11(10)18-6-8(5-17-18)12(14,15)16/h2-7,19H,1H3. The summed E-state index contributed by atoms with van der Waals surface area (Å²) in [5.41, 5.74) is 0.0731. The van der Waals surface area contributed by atoms with Gasteiger partial charge in [-0.05, 0) is 19.1 Å². The van der Waals surface area contributed by atoms with Crippen LogP contribution in [0.15, 0.2) is 35.1 Å². The van der Waals surface area contributed by atoms with Crippen molar-refractivity contribution in [2.24, 2.45) is 0 Å². The third-order valence-electron chi connectivity index (χ3n) is 2.60. The van der Waals surface area contributed by atoms with Crippen molar-refractivity contribution in [3.8, 4) is 5.69 Å². The number of halogens is 4. The first-order chi connectivity index (χ1) is 8.79. The fourth-order valence-corrected chi connectivity index (χ4v) is 2.02. The van der Waals surface area contributed by atoms with Gasteiger partial charge in [-0.1, -0.05) is 22.0 Å². The Bertz CT molecular complexity index is 593. The topological polar surface area (TPSA) is 38.0 Å². The third-order valence-corrected chi connectivity index (χ3v) is 3.09. The van der Waals surface area contributed by atoms with Gasteiger partial charge < -0.3 is 5.11 Å². The van der Waals surface area contributed by atoms with Crippen molar-refractivity contribution in [2.45, 2.75) is 19.2 Å². The summed E-state index contributed by atoms with van der Waals surface area (Å²) in [4.78, 5) is 0. The van der Waals surface area contributed by atoms with Crippen LogP contribution in [0.25, 0.3) is 5.69 Å². The minimum Gasteiger partial charge on any atom is -0.389 e. The molecule has 0 amide bonds.